The van der Waals surface area contributed by atoms with Crippen molar-refractivity contribution in [2.24, 2.45) is 0 Å². The Labute approximate surface area is 137 Å². The molecule has 0 aliphatic carbocycles. The van der Waals surface area contributed by atoms with Crippen molar-refractivity contribution in [2.45, 2.75) is 6.92 Å². The fourth-order valence-electron chi connectivity index (χ4n) is 2.43. The van der Waals surface area contributed by atoms with Crippen LogP contribution in [-0.2, 0) is 4.79 Å². The number of hydrogen-bond donors (Lipinski definition) is 2. The van der Waals surface area contributed by atoms with E-state index >= 15 is 0 Å². The fourth-order valence-corrected chi connectivity index (χ4v) is 2.43. The first-order valence-corrected chi connectivity index (χ1v) is 7.21. The predicted octanol–water partition coefficient (Wildman–Crippen LogP) is 3.13. The topological polar surface area (TPSA) is 88.8 Å². The highest BCUT2D eigenvalue weighted by atomic mass is 16.5. The van der Waals surface area contributed by atoms with Crippen LogP contribution in [0.3, 0.4) is 0 Å². The summed E-state index contributed by atoms with van der Waals surface area (Å²) in [6, 6.07) is 11.5. The van der Waals surface area contributed by atoms with E-state index in [0.717, 1.165) is 0 Å². The van der Waals surface area contributed by atoms with Gasteiger partial charge in [0.2, 0.25) is 17.1 Å². The Morgan fingerprint density at radius 1 is 1.21 bits per heavy atom. The van der Waals surface area contributed by atoms with Crippen LogP contribution in [0, 0.1) is 0 Å². The molecule has 0 bridgehead atoms. The molecule has 24 heavy (non-hydrogen) atoms. The normalized spacial score (nSPS) is 10.6. The van der Waals surface area contributed by atoms with Crippen LogP contribution in [0.5, 0.6) is 11.5 Å². The van der Waals surface area contributed by atoms with Gasteiger partial charge >= 0.3 is 0 Å². The van der Waals surface area contributed by atoms with Crippen LogP contribution in [0.4, 0.5) is 5.69 Å². The van der Waals surface area contributed by atoms with Gasteiger partial charge in [-0.1, -0.05) is 12.1 Å². The lowest BCUT2D eigenvalue weighted by Gasteiger charge is -2.08. The molecular weight excluding hydrogens is 310 g/mol. The van der Waals surface area contributed by atoms with Gasteiger partial charge in [0.15, 0.2) is 5.76 Å². The lowest BCUT2D eigenvalue weighted by atomic mass is 10.1. The third-order valence-electron chi connectivity index (χ3n) is 3.52. The highest BCUT2D eigenvalue weighted by Gasteiger charge is 2.16. The number of methoxy groups -OCH3 is 1. The van der Waals surface area contributed by atoms with Crippen molar-refractivity contribution in [3.8, 4) is 22.8 Å². The molecule has 0 atom stereocenters. The van der Waals surface area contributed by atoms with Gasteiger partial charge in [-0.25, -0.2) is 0 Å². The monoisotopic (exact) mass is 325 g/mol. The summed E-state index contributed by atoms with van der Waals surface area (Å²) in [4.78, 5) is 23.6. The van der Waals surface area contributed by atoms with Crippen molar-refractivity contribution in [1.82, 2.24) is 0 Å². The number of fused-ring (bicyclic) bond motifs is 1. The van der Waals surface area contributed by atoms with Crippen molar-refractivity contribution in [2.75, 3.05) is 12.4 Å². The zero-order chi connectivity index (χ0) is 17.3. The first-order chi connectivity index (χ1) is 11.5. The van der Waals surface area contributed by atoms with Gasteiger partial charge in [0.25, 0.3) is 0 Å². The second-order valence-electron chi connectivity index (χ2n) is 5.23. The minimum Gasteiger partial charge on any atom is -0.502 e. The molecule has 0 saturated heterocycles. The quantitative estimate of drug-likeness (QED) is 0.772. The van der Waals surface area contributed by atoms with Crippen LogP contribution >= 0.6 is 0 Å². The van der Waals surface area contributed by atoms with Crippen LogP contribution in [0.2, 0.25) is 0 Å². The van der Waals surface area contributed by atoms with Gasteiger partial charge in [-0.2, -0.15) is 0 Å². The van der Waals surface area contributed by atoms with E-state index in [1.54, 1.807) is 36.4 Å². The summed E-state index contributed by atoms with van der Waals surface area (Å²) in [6.07, 6.45) is 0. The van der Waals surface area contributed by atoms with Crippen molar-refractivity contribution >= 4 is 22.6 Å². The Bertz CT molecular complexity index is 990. The van der Waals surface area contributed by atoms with Gasteiger partial charge in [0, 0.05) is 18.2 Å². The van der Waals surface area contributed by atoms with Crippen molar-refractivity contribution in [1.29, 1.82) is 0 Å². The molecule has 1 amide bonds. The van der Waals surface area contributed by atoms with E-state index in [1.807, 2.05) is 0 Å². The molecule has 0 unspecified atom stereocenters. The van der Waals surface area contributed by atoms with E-state index in [2.05, 4.69) is 5.32 Å². The standard InChI is InChI=1S/C18H15NO5/c1-10(20)19-12-6-7-15-14(9-12)16(21)17(22)18(24-15)11-4-3-5-13(8-11)23-2/h3-9,22H,1-2H3,(H,19,20). The Morgan fingerprint density at radius 2 is 2.00 bits per heavy atom. The lowest BCUT2D eigenvalue weighted by Crippen LogP contribution is -2.07. The number of carbonyl (C=O) groups excluding carboxylic acids is 1. The molecule has 0 fully saturated rings. The summed E-state index contributed by atoms with van der Waals surface area (Å²) >= 11 is 0. The molecule has 0 aliphatic rings. The second kappa shape index (κ2) is 6.08. The van der Waals surface area contributed by atoms with Gasteiger partial charge in [0.1, 0.15) is 11.3 Å². The van der Waals surface area contributed by atoms with E-state index in [1.165, 1.54) is 20.1 Å². The maximum atomic E-state index is 12.5. The molecule has 1 heterocycles. The van der Waals surface area contributed by atoms with Crippen LogP contribution in [0.1, 0.15) is 6.92 Å². The minimum atomic E-state index is -0.568. The number of carbonyl (C=O) groups is 1. The van der Waals surface area contributed by atoms with Gasteiger partial charge in [0.05, 0.1) is 12.5 Å². The van der Waals surface area contributed by atoms with E-state index < -0.39 is 11.2 Å². The number of aromatic hydroxyl groups is 1. The first kappa shape index (κ1) is 15.6. The smallest absolute Gasteiger partial charge is 0.235 e. The second-order valence-corrected chi connectivity index (χ2v) is 5.23. The Kier molecular flexibility index (Phi) is 3.95. The molecule has 0 radical (unpaired) electrons. The number of benzene rings is 2. The summed E-state index contributed by atoms with van der Waals surface area (Å²) in [5.41, 5.74) is 0.721. The molecule has 6 heteroatoms. The molecule has 0 saturated carbocycles. The van der Waals surface area contributed by atoms with Crippen LogP contribution in [0.25, 0.3) is 22.3 Å². The third-order valence-corrected chi connectivity index (χ3v) is 3.52. The number of nitrogens with one attached hydrogen (secondary N) is 1. The van der Waals surface area contributed by atoms with Crippen LogP contribution in [0.15, 0.2) is 51.7 Å². The molecule has 1 aromatic heterocycles. The predicted molar refractivity (Wildman–Crippen MR) is 90.4 cm³/mol. The summed E-state index contributed by atoms with van der Waals surface area (Å²) in [5, 5.41) is 13.0. The molecule has 2 N–H and O–H groups in total. The third kappa shape index (κ3) is 2.81. The van der Waals surface area contributed by atoms with E-state index in [4.69, 9.17) is 9.15 Å². The molecule has 0 spiro atoms. The van der Waals surface area contributed by atoms with Gasteiger partial charge in [-0.05, 0) is 30.3 Å². The number of ether oxygens (including phenoxy) is 1. The lowest BCUT2D eigenvalue weighted by molar-refractivity contribution is -0.114. The average molecular weight is 325 g/mol. The van der Waals surface area contributed by atoms with Crippen molar-refractivity contribution in [3.05, 3.63) is 52.7 Å². The van der Waals surface area contributed by atoms with Crippen molar-refractivity contribution < 1.29 is 19.1 Å². The summed E-state index contributed by atoms with van der Waals surface area (Å²) in [5.74, 6) is -0.0963. The number of rotatable bonds is 3. The van der Waals surface area contributed by atoms with Gasteiger partial charge < -0.3 is 19.6 Å². The molecule has 3 aromatic rings. The Hall–Kier alpha value is -3.28. The zero-order valence-electron chi connectivity index (χ0n) is 13.1. The van der Waals surface area contributed by atoms with Gasteiger partial charge in [-0.3, -0.25) is 9.59 Å². The number of anilines is 1. The highest BCUT2D eigenvalue weighted by Crippen LogP contribution is 2.32. The molecule has 0 aliphatic heterocycles. The minimum absolute atomic E-state index is 0.0682. The zero-order valence-corrected chi connectivity index (χ0v) is 13.1. The van der Waals surface area contributed by atoms with Crippen LogP contribution < -0.4 is 15.5 Å². The number of amides is 1. The summed E-state index contributed by atoms with van der Waals surface area (Å²) < 4.78 is 10.8. The molecule has 3 rings (SSSR count). The summed E-state index contributed by atoms with van der Waals surface area (Å²) in [7, 11) is 1.53. The fraction of sp³-hybridized carbons (Fsp3) is 0.111. The van der Waals surface area contributed by atoms with E-state index in [-0.39, 0.29) is 17.1 Å². The molecular formula is C18H15NO5. The maximum Gasteiger partial charge on any atom is 0.235 e. The highest BCUT2D eigenvalue weighted by molar-refractivity contribution is 5.92. The molecule has 6 nitrogen and oxygen atoms in total. The maximum absolute atomic E-state index is 12.5. The average Bonchev–Trinajstić information content (AvgIpc) is 2.58. The number of hydrogen-bond acceptors (Lipinski definition) is 5. The SMILES string of the molecule is COc1cccc(-c2oc3ccc(NC(C)=O)cc3c(=O)c2O)c1. The van der Waals surface area contributed by atoms with Gasteiger partial charge in [-0.15, -0.1) is 0 Å². The van der Waals surface area contributed by atoms with Crippen molar-refractivity contribution in [3.63, 3.8) is 0 Å². The first-order valence-electron chi connectivity index (χ1n) is 7.21. The molecule has 122 valence electrons. The van der Waals surface area contributed by atoms with E-state index in [0.29, 0.717) is 22.6 Å². The molecule has 2 aromatic carbocycles. The van der Waals surface area contributed by atoms with Crippen LogP contribution in [-0.4, -0.2) is 18.1 Å². The summed E-state index contributed by atoms with van der Waals surface area (Å²) in [6.45, 7) is 1.37. The largest absolute Gasteiger partial charge is 0.502 e. The Balaban J connectivity index is 2.19. The Morgan fingerprint density at radius 3 is 2.71 bits per heavy atom. The van der Waals surface area contributed by atoms with E-state index in [9.17, 15) is 14.7 Å².